The molecule has 3 aliphatic carbocycles. The van der Waals surface area contributed by atoms with Crippen molar-refractivity contribution in [1.82, 2.24) is 10.6 Å². The Hall–Kier alpha value is -0.810. The van der Waals surface area contributed by atoms with Crippen molar-refractivity contribution in [3.8, 4) is 0 Å². The van der Waals surface area contributed by atoms with Crippen LogP contribution in [0.3, 0.4) is 0 Å². The molecule has 0 radical (unpaired) electrons. The molecule has 0 aromatic heterocycles. The molecule has 3 N–H and O–H groups in total. The lowest BCUT2D eigenvalue weighted by molar-refractivity contribution is -0.169. The third-order valence-electron chi connectivity index (χ3n) is 6.20. The normalized spacial score (nSPS) is 36.3. The summed E-state index contributed by atoms with van der Waals surface area (Å²) < 4.78 is 5.83. The smallest absolute Gasteiger partial charge is 0.315 e. The summed E-state index contributed by atoms with van der Waals surface area (Å²) in [5, 5.41) is 15.7. The predicted octanol–water partition coefficient (Wildman–Crippen LogP) is 2.18. The molecule has 2 amide bonds. The van der Waals surface area contributed by atoms with Crippen LogP contribution in [0.5, 0.6) is 0 Å². The number of nitrogens with one attached hydrogen (secondary N) is 2. The molecule has 0 heterocycles. The molecule has 4 unspecified atom stereocenters. The second-order valence-corrected chi connectivity index (χ2v) is 7.27. The maximum Gasteiger partial charge on any atom is 0.315 e. The zero-order valence-electron chi connectivity index (χ0n) is 13.6. The maximum absolute atomic E-state index is 12.3. The number of aliphatic hydroxyl groups excluding tert-OH is 1. The quantitative estimate of drug-likeness (QED) is 0.729. The third kappa shape index (κ3) is 2.85. The van der Waals surface area contributed by atoms with Crippen LogP contribution in [0.2, 0.25) is 0 Å². The number of urea groups is 1. The lowest BCUT2D eigenvalue weighted by Crippen LogP contribution is -2.69. The second kappa shape index (κ2) is 6.75. The van der Waals surface area contributed by atoms with Crippen LogP contribution >= 0.6 is 0 Å². The van der Waals surface area contributed by atoms with E-state index in [0.717, 1.165) is 38.7 Å². The van der Waals surface area contributed by atoms with Crippen molar-refractivity contribution in [2.45, 2.75) is 76.5 Å². The van der Waals surface area contributed by atoms with E-state index in [1.54, 1.807) is 0 Å². The van der Waals surface area contributed by atoms with Gasteiger partial charge in [-0.25, -0.2) is 4.79 Å². The van der Waals surface area contributed by atoms with E-state index in [9.17, 15) is 9.90 Å². The SMILES string of the molecule is CCOC1CC(NC(=O)NC2CCCCC2CO)C12CCC2. The fourth-order valence-electron chi connectivity index (χ4n) is 4.63. The Bertz CT molecular complexity index is 397. The molecule has 3 rings (SSSR count). The zero-order chi connectivity index (χ0) is 15.6. The molecule has 0 aliphatic heterocycles. The van der Waals surface area contributed by atoms with E-state index in [2.05, 4.69) is 10.6 Å². The molecule has 5 nitrogen and oxygen atoms in total. The molecule has 0 aromatic carbocycles. The minimum atomic E-state index is -0.0587. The highest BCUT2D eigenvalue weighted by Gasteiger charge is 2.59. The Morgan fingerprint density at radius 2 is 2.00 bits per heavy atom. The summed E-state index contributed by atoms with van der Waals surface area (Å²) in [6, 6.07) is 0.324. The lowest BCUT2D eigenvalue weighted by atomic mass is 9.51. The van der Waals surface area contributed by atoms with Crippen LogP contribution < -0.4 is 10.6 Å². The summed E-state index contributed by atoms with van der Waals surface area (Å²) in [7, 11) is 0. The van der Waals surface area contributed by atoms with Crippen molar-refractivity contribution < 1.29 is 14.6 Å². The van der Waals surface area contributed by atoms with E-state index in [-0.39, 0.29) is 36.1 Å². The van der Waals surface area contributed by atoms with Crippen LogP contribution in [0.25, 0.3) is 0 Å². The molecule has 1 spiro atoms. The van der Waals surface area contributed by atoms with Crippen LogP contribution in [0.1, 0.15) is 58.3 Å². The summed E-state index contributed by atoms with van der Waals surface area (Å²) >= 11 is 0. The van der Waals surface area contributed by atoms with E-state index in [0.29, 0.717) is 6.10 Å². The van der Waals surface area contributed by atoms with Gasteiger partial charge in [0.25, 0.3) is 0 Å². The van der Waals surface area contributed by atoms with Crippen LogP contribution in [0.4, 0.5) is 4.79 Å². The number of rotatable bonds is 5. The minimum absolute atomic E-state index is 0.0587. The van der Waals surface area contributed by atoms with Gasteiger partial charge in [0.15, 0.2) is 0 Å². The number of amides is 2. The molecule has 5 heteroatoms. The van der Waals surface area contributed by atoms with Crippen LogP contribution in [-0.4, -0.2) is 42.5 Å². The van der Waals surface area contributed by atoms with Crippen molar-refractivity contribution >= 4 is 6.03 Å². The van der Waals surface area contributed by atoms with Crippen molar-refractivity contribution in [2.75, 3.05) is 13.2 Å². The van der Waals surface area contributed by atoms with Gasteiger partial charge in [-0.3, -0.25) is 0 Å². The first-order valence-electron chi connectivity index (χ1n) is 8.99. The molecular formula is C17H30N2O3. The van der Waals surface area contributed by atoms with E-state index >= 15 is 0 Å². The summed E-state index contributed by atoms with van der Waals surface area (Å²) in [5.74, 6) is 0.217. The monoisotopic (exact) mass is 310 g/mol. The van der Waals surface area contributed by atoms with Gasteiger partial charge in [-0.15, -0.1) is 0 Å². The van der Waals surface area contributed by atoms with Crippen LogP contribution in [0.15, 0.2) is 0 Å². The van der Waals surface area contributed by atoms with Crippen molar-refractivity contribution in [3.05, 3.63) is 0 Å². The van der Waals surface area contributed by atoms with Gasteiger partial charge in [-0.1, -0.05) is 19.3 Å². The van der Waals surface area contributed by atoms with Crippen molar-refractivity contribution in [1.29, 1.82) is 0 Å². The molecule has 3 aliphatic rings. The Morgan fingerprint density at radius 3 is 2.64 bits per heavy atom. The minimum Gasteiger partial charge on any atom is -0.396 e. The van der Waals surface area contributed by atoms with Crippen LogP contribution in [0, 0.1) is 11.3 Å². The zero-order valence-corrected chi connectivity index (χ0v) is 13.6. The van der Waals surface area contributed by atoms with Crippen molar-refractivity contribution in [2.24, 2.45) is 11.3 Å². The van der Waals surface area contributed by atoms with Gasteiger partial charge in [0.2, 0.25) is 0 Å². The average Bonchev–Trinajstić information content (AvgIpc) is 2.45. The number of hydrogen-bond acceptors (Lipinski definition) is 3. The number of hydrogen-bond donors (Lipinski definition) is 3. The first kappa shape index (κ1) is 16.1. The summed E-state index contributed by atoms with van der Waals surface area (Å²) in [5.41, 5.74) is 0.205. The topological polar surface area (TPSA) is 70.6 Å². The summed E-state index contributed by atoms with van der Waals surface area (Å²) in [6.45, 7) is 2.97. The maximum atomic E-state index is 12.3. The standard InChI is InChI=1S/C17H30N2O3/c1-2-22-15-10-14(17(15)8-5-9-17)19-16(21)18-13-7-4-3-6-12(13)11-20/h12-15,20H,2-11H2,1H3,(H2,18,19,21). The van der Waals surface area contributed by atoms with Crippen molar-refractivity contribution in [3.63, 3.8) is 0 Å². The van der Waals surface area contributed by atoms with E-state index in [4.69, 9.17) is 4.74 Å². The fraction of sp³-hybridized carbons (Fsp3) is 0.941. The molecule has 0 saturated heterocycles. The summed E-state index contributed by atoms with van der Waals surface area (Å²) in [4.78, 5) is 12.3. The van der Waals surface area contributed by atoms with E-state index < -0.39 is 0 Å². The molecule has 3 saturated carbocycles. The van der Waals surface area contributed by atoms with Gasteiger partial charge < -0.3 is 20.5 Å². The van der Waals surface area contributed by atoms with E-state index in [1.165, 1.54) is 19.3 Å². The highest BCUT2D eigenvalue weighted by molar-refractivity contribution is 5.75. The molecule has 126 valence electrons. The Labute approximate surface area is 133 Å². The Kier molecular flexibility index (Phi) is 4.93. The van der Waals surface area contributed by atoms with Gasteiger partial charge in [0, 0.05) is 36.6 Å². The number of carbonyl (C=O) groups excluding carboxylic acids is 1. The molecule has 0 bridgehead atoms. The van der Waals surface area contributed by atoms with Gasteiger partial charge in [0.05, 0.1) is 6.10 Å². The molecule has 4 atom stereocenters. The molecular weight excluding hydrogens is 280 g/mol. The summed E-state index contributed by atoms with van der Waals surface area (Å²) in [6.07, 6.45) is 9.16. The highest BCUT2D eigenvalue weighted by atomic mass is 16.5. The predicted molar refractivity (Wildman–Crippen MR) is 84.6 cm³/mol. The van der Waals surface area contributed by atoms with Gasteiger partial charge >= 0.3 is 6.03 Å². The Morgan fingerprint density at radius 1 is 1.23 bits per heavy atom. The fourth-order valence-corrected chi connectivity index (χ4v) is 4.63. The number of carbonyl (C=O) groups is 1. The first-order valence-corrected chi connectivity index (χ1v) is 8.99. The molecule has 0 aromatic rings. The number of aliphatic hydroxyl groups is 1. The third-order valence-corrected chi connectivity index (χ3v) is 6.20. The first-order chi connectivity index (χ1) is 10.7. The highest BCUT2D eigenvalue weighted by Crippen LogP contribution is 2.57. The largest absolute Gasteiger partial charge is 0.396 e. The molecule has 3 fully saturated rings. The second-order valence-electron chi connectivity index (χ2n) is 7.27. The molecule has 22 heavy (non-hydrogen) atoms. The van der Waals surface area contributed by atoms with Gasteiger partial charge in [-0.2, -0.15) is 0 Å². The van der Waals surface area contributed by atoms with E-state index in [1.807, 2.05) is 6.92 Å². The average molecular weight is 310 g/mol. The van der Waals surface area contributed by atoms with Gasteiger partial charge in [0.1, 0.15) is 0 Å². The Balaban J connectivity index is 1.50. The van der Waals surface area contributed by atoms with Gasteiger partial charge in [-0.05, 0) is 39.0 Å². The number of ether oxygens (including phenoxy) is 1. The van der Waals surface area contributed by atoms with Crippen LogP contribution in [-0.2, 0) is 4.74 Å². The lowest BCUT2D eigenvalue weighted by Gasteiger charge is -2.60.